The minimum absolute atomic E-state index is 0.0157. The number of pyridine rings is 1. The number of aromatic nitrogens is 2. The third-order valence-corrected chi connectivity index (χ3v) is 6.22. The summed E-state index contributed by atoms with van der Waals surface area (Å²) < 4.78 is 46.2. The van der Waals surface area contributed by atoms with Gasteiger partial charge in [-0.25, -0.2) is 10.4 Å². The van der Waals surface area contributed by atoms with Crippen LogP contribution in [0.2, 0.25) is 0 Å². The molecule has 188 valence electrons. The van der Waals surface area contributed by atoms with Crippen LogP contribution in [0.5, 0.6) is 0 Å². The minimum atomic E-state index is -4.44. The molecule has 1 N–H and O–H groups in total. The van der Waals surface area contributed by atoms with Crippen LogP contribution in [-0.4, -0.2) is 34.5 Å². The summed E-state index contributed by atoms with van der Waals surface area (Å²) in [5.74, 6) is -0.415. The van der Waals surface area contributed by atoms with Crippen LogP contribution < -0.4 is 5.43 Å². The number of methoxy groups -OCH3 is 1. The van der Waals surface area contributed by atoms with Crippen molar-refractivity contribution in [1.82, 2.24) is 15.0 Å². The van der Waals surface area contributed by atoms with Gasteiger partial charge in [-0.1, -0.05) is 17.8 Å². The van der Waals surface area contributed by atoms with Gasteiger partial charge in [-0.05, 0) is 56.7 Å². The second-order valence-electron chi connectivity index (χ2n) is 7.94. The second kappa shape index (κ2) is 11.4. The highest BCUT2D eigenvalue weighted by atomic mass is 32.2. The van der Waals surface area contributed by atoms with E-state index in [-0.39, 0.29) is 12.4 Å². The molecule has 2 heterocycles. The van der Waals surface area contributed by atoms with Crippen LogP contribution >= 0.6 is 11.8 Å². The number of hydrogen-bond donors (Lipinski definition) is 1. The van der Waals surface area contributed by atoms with Crippen LogP contribution in [0.3, 0.4) is 0 Å². The molecule has 0 unspecified atom stereocenters. The summed E-state index contributed by atoms with van der Waals surface area (Å²) in [5.41, 5.74) is 5.90. The van der Waals surface area contributed by atoms with Crippen LogP contribution in [0, 0.1) is 32.1 Å². The Hall–Kier alpha value is -3.62. The number of halogens is 3. The lowest BCUT2D eigenvalue weighted by Crippen LogP contribution is -2.20. The number of carbonyl (C=O) groups is 1. The van der Waals surface area contributed by atoms with E-state index in [1.807, 2.05) is 0 Å². The first-order chi connectivity index (χ1) is 17.0. The van der Waals surface area contributed by atoms with Crippen molar-refractivity contribution >= 4 is 23.9 Å². The van der Waals surface area contributed by atoms with E-state index in [0.717, 1.165) is 29.6 Å². The van der Waals surface area contributed by atoms with Gasteiger partial charge in [0.25, 0.3) is 0 Å². The van der Waals surface area contributed by atoms with E-state index in [4.69, 9.17) is 4.74 Å². The van der Waals surface area contributed by atoms with E-state index in [1.54, 1.807) is 43.5 Å². The molecule has 0 aliphatic carbocycles. The summed E-state index contributed by atoms with van der Waals surface area (Å²) in [4.78, 5) is 16.7. The largest absolute Gasteiger partial charge is 0.416 e. The molecule has 3 rings (SSSR count). The Labute approximate surface area is 211 Å². The summed E-state index contributed by atoms with van der Waals surface area (Å²) in [6.07, 6.45) is -3.00. The van der Waals surface area contributed by atoms with Crippen molar-refractivity contribution in [3.8, 4) is 11.8 Å². The molecule has 11 heteroatoms. The van der Waals surface area contributed by atoms with Crippen LogP contribution in [0.25, 0.3) is 5.69 Å². The van der Waals surface area contributed by atoms with Crippen molar-refractivity contribution in [2.45, 2.75) is 38.6 Å². The van der Waals surface area contributed by atoms with E-state index in [0.29, 0.717) is 38.8 Å². The molecular formula is C25H24F3N5O2S. The molecule has 3 aromatic rings. The molecule has 0 radical (unpaired) electrons. The fourth-order valence-electron chi connectivity index (χ4n) is 3.68. The Morgan fingerprint density at radius 3 is 2.69 bits per heavy atom. The number of thioether (sulfide) groups is 1. The molecule has 0 aliphatic rings. The van der Waals surface area contributed by atoms with E-state index < -0.39 is 17.6 Å². The zero-order chi connectivity index (χ0) is 26.5. The molecule has 0 saturated carbocycles. The number of benzene rings is 1. The van der Waals surface area contributed by atoms with Gasteiger partial charge in [0, 0.05) is 35.4 Å². The maximum absolute atomic E-state index is 13.1. The van der Waals surface area contributed by atoms with Gasteiger partial charge >= 0.3 is 6.18 Å². The molecule has 0 fully saturated rings. The average molecular weight is 516 g/mol. The molecule has 1 amide bonds. The Bertz CT molecular complexity index is 1340. The normalized spacial score (nSPS) is 11.6. The number of nitrogens with one attached hydrogen (secondary N) is 1. The third kappa shape index (κ3) is 6.33. The van der Waals surface area contributed by atoms with Crippen LogP contribution in [0.1, 0.15) is 39.3 Å². The predicted octanol–water partition coefficient (Wildman–Crippen LogP) is 5.08. The molecule has 0 atom stereocenters. The zero-order valence-electron chi connectivity index (χ0n) is 20.1. The van der Waals surface area contributed by atoms with Gasteiger partial charge in [0.05, 0.1) is 29.7 Å². The van der Waals surface area contributed by atoms with E-state index in [2.05, 4.69) is 21.6 Å². The summed E-state index contributed by atoms with van der Waals surface area (Å²) in [7, 11) is 1.53. The van der Waals surface area contributed by atoms with Crippen molar-refractivity contribution in [2.24, 2.45) is 5.10 Å². The average Bonchev–Trinajstić information content (AvgIpc) is 3.10. The SMILES string of the molecule is COCc1cc(C)nc(SCC(=O)N/N=C/c2cc(C)n(-c3cccc(C(F)(F)F)c3)c2C)c1C#N. The first-order valence-corrected chi connectivity index (χ1v) is 11.7. The number of aryl methyl sites for hydroxylation is 2. The Morgan fingerprint density at radius 1 is 1.28 bits per heavy atom. The quantitative estimate of drug-likeness (QED) is 0.257. The Morgan fingerprint density at radius 2 is 2.03 bits per heavy atom. The van der Waals surface area contributed by atoms with Crippen LogP contribution in [0.4, 0.5) is 13.2 Å². The number of amides is 1. The smallest absolute Gasteiger partial charge is 0.380 e. The highest BCUT2D eigenvalue weighted by Gasteiger charge is 2.30. The van der Waals surface area contributed by atoms with Gasteiger partial charge in [-0.3, -0.25) is 4.79 Å². The Balaban J connectivity index is 1.69. The predicted molar refractivity (Wildman–Crippen MR) is 131 cm³/mol. The molecular weight excluding hydrogens is 491 g/mol. The lowest BCUT2D eigenvalue weighted by Gasteiger charge is -2.13. The zero-order valence-corrected chi connectivity index (χ0v) is 20.9. The van der Waals surface area contributed by atoms with E-state index in [9.17, 15) is 23.2 Å². The van der Waals surface area contributed by atoms with Gasteiger partial charge in [-0.15, -0.1) is 0 Å². The minimum Gasteiger partial charge on any atom is -0.380 e. The van der Waals surface area contributed by atoms with E-state index in [1.165, 1.54) is 19.4 Å². The number of hydrogen-bond acceptors (Lipinski definition) is 6. The first-order valence-electron chi connectivity index (χ1n) is 10.8. The van der Waals surface area contributed by atoms with Gasteiger partial charge in [0.1, 0.15) is 11.1 Å². The van der Waals surface area contributed by atoms with Gasteiger partial charge in [-0.2, -0.15) is 23.5 Å². The molecule has 1 aromatic carbocycles. The Kier molecular flexibility index (Phi) is 8.55. The van der Waals surface area contributed by atoms with Gasteiger partial charge in [0.15, 0.2) is 0 Å². The number of ether oxygens (including phenoxy) is 1. The summed E-state index contributed by atoms with van der Waals surface area (Å²) in [6.45, 7) is 5.59. The monoisotopic (exact) mass is 515 g/mol. The highest BCUT2D eigenvalue weighted by molar-refractivity contribution is 8.00. The van der Waals surface area contributed by atoms with Gasteiger partial charge < -0.3 is 9.30 Å². The number of hydrazone groups is 1. The van der Waals surface area contributed by atoms with E-state index >= 15 is 0 Å². The maximum Gasteiger partial charge on any atom is 0.416 e. The number of rotatable bonds is 8. The number of alkyl halides is 3. The highest BCUT2D eigenvalue weighted by Crippen LogP contribution is 2.31. The number of nitriles is 1. The molecule has 0 spiro atoms. The fraction of sp³-hybridized carbons (Fsp3) is 0.280. The van der Waals surface area contributed by atoms with Crippen LogP contribution in [0.15, 0.2) is 46.5 Å². The van der Waals surface area contributed by atoms with Crippen molar-refractivity contribution in [2.75, 3.05) is 12.9 Å². The number of nitrogens with zero attached hydrogens (tertiary/aromatic N) is 4. The summed E-state index contributed by atoms with van der Waals surface area (Å²) in [5, 5.41) is 13.9. The summed E-state index contributed by atoms with van der Waals surface area (Å²) >= 11 is 1.12. The number of carbonyl (C=O) groups excluding carboxylic acids is 1. The van der Waals surface area contributed by atoms with Crippen molar-refractivity contribution in [3.05, 3.63) is 75.7 Å². The van der Waals surface area contributed by atoms with Crippen molar-refractivity contribution < 1.29 is 22.7 Å². The molecule has 0 aliphatic heterocycles. The third-order valence-electron chi connectivity index (χ3n) is 5.24. The lowest BCUT2D eigenvalue weighted by molar-refractivity contribution is -0.137. The molecule has 36 heavy (non-hydrogen) atoms. The summed E-state index contributed by atoms with van der Waals surface area (Å²) in [6, 6.07) is 10.7. The molecule has 0 bridgehead atoms. The lowest BCUT2D eigenvalue weighted by atomic mass is 10.1. The second-order valence-corrected chi connectivity index (χ2v) is 8.90. The molecule has 7 nitrogen and oxygen atoms in total. The standard InChI is InChI=1S/C25H24F3N5O2S/c1-15-8-19(13-35-4)22(11-29)24(31-15)36-14-23(34)32-30-12-18-9-16(2)33(17(18)3)21-7-5-6-20(10-21)25(26,27)28/h5-10,12H,13-14H2,1-4H3,(H,32,34)/b30-12+. The first kappa shape index (κ1) is 27.0. The van der Waals surface area contributed by atoms with Gasteiger partial charge in [0.2, 0.25) is 5.91 Å². The van der Waals surface area contributed by atoms with Crippen LogP contribution in [-0.2, 0) is 22.3 Å². The van der Waals surface area contributed by atoms with Crippen molar-refractivity contribution in [1.29, 1.82) is 5.26 Å². The topological polar surface area (TPSA) is 92.3 Å². The van der Waals surface area contributed by atoms with Crippen molar-refractivity contribution in [3.63, 3.8) is 0 Å². The fourth-order valence-corrected chi connectivity index (χ4v) is 4.54. The molecule has 0 saturated heterocycles. The molecule has 2 aromatic heterocycles. The maximum atomic E-state index is 13.1.